The van der Waals surface area contributed by atoms with Crippen LogP contribution in [0.1, 0.15) is 24.3 Å². The number of rotatable bonds is 8. The van der Waals surface area contributed by atoms with E-state index in [2.05, 4.69) is 20.3 Å². The van der Waals surface area contributed by atoms with Gasteiger partial charge in [-0.3, -0.25) is 4.79 Å². The second-order valence-corrected chi connectivity index (χ2v) is 5.72. The van der Waals surface area contributed by atoms with Crippen molar-refractivity contribution in [2.75, 3.05) is 14.2 Å². The molecule has 0 saturated heterocycles. The van der Waals surface area contributed by atoms with Crippen LogP contribution in [0.2, 0.25) is 0 Å². The molecule has 2 N–H and O–H groups in total. The average molecular weight is 376 g/mol. The molecule has 0 saturated carbocycles. The van der Waals surface area contributed by atoms with Crippen LogP contribution in [0.4, 0.5) is 0 Å². The number of ether oxygens (including phenoxy) is 3. The molecule has 0 aliphatic heterocycles. The zero-order valence-corrected chi connectivity index (χ0v) is 15.3. The van der Waals surface area contributed by atoms with Crippen molar-refractivity contribution in [3.05, 3.63) is 30.1 Å². The van der Waals surface area contributed by atoms with E-state index in [9.17, 15) is 14.7 Å². The number of hydrogen-bond acceptors (Lipinski definition) is 8. The molecule has 0 aliphatic rings. The molecule has 2 aromatic heterocycles. The molecule has 27 heavy (non-hydrogen) atoms. The lowest BCUT2D eigenvalue weighted by atomic mass is 10.0. The molecule has 0 spiro atoms. The Bertz CT molecular complexity index is 805. The Morgan fingerprint density at radius 2 is 1.78 bits per heavy atom. The van der Waals surface area contributed by atoms with Crippen LogP contribution in [-0.4, -0.2) is 52.2 Å². The summed E-state index contributed by atoms with van der Waals surface area (Å²) in [6.45, 7) is 3.37. The van der Waals surface area contributed by atoms with Crippen molar-refractivity contribution in [2.45, 2.75) is 19.9 Å². The topological polar surface area (TPSA) is 133 Å². The average Bonchev–Trinajstić information content (AvgIpc) is 2.65. The fourth-order valence-corrected chi connectivity index (χ4v) is 2.10. The first-order valence-corrected chi connectivity index (χ1v) is 7.99. The van der Waals surface area contributed by atoms with Crippen molar-refractivity contribution < 1.29 is 28.9 Å². The fourth-order valence-electron chi connectivity index (χ4n) is 2.10. The molecule has 0 unspecified atom stereocenters. The van der Waals surface area contributed by atoms with Gasteiger partial charge in [0.25, 0.3) is 5.91 Å². The summed E-state index contributed by atoms with van der Waals surface area (Å²) in [5.74, 6) is -1.68. The van der Waals surface area contributed by atoms with Crippen LogP contribution in [0.15, 0.2) is 24.4 Å². The largest absolute Gasteiger partial charge is 0.481 e. The molecule has 2 rings (SSSR count). The summed E-state index contributed by atoms with van der Waals surface area (Å²) < 4.78 is 15.7. The Labute approximate surface area is 155 Å². The van der Waals surface area contributed by atoms with E-state index >= 15 is 0 Å². The van der Waals surface area contributed by atoms with Gasteiger partial charge >= 0.3 is 12.0 Å². The molecule has 2 heterocycles. The Morgan fingerprint density at radius 1 is 1.15 bits per heavy atom. The van der Waals surface area contributed by atoms with Gasteiger partial charge in [0, 0.05) is 6.20 Å². The molecule has 0 bridgehead atoms. The van der Waals surface area contributed by atoms with Gasteiger partial charge in [-0.2, -0.15) is 9.97 Å². The maximum Gasteiger partial charge on any atom is 0.328 e. The second kappa shape index (κ2) is 8.79. The summed E-state index contributed by atoms with van der Waals surface area (Å²) >= 11 is 0. The number of aromatic nitrogens is 3. The first kappa shape index (κ1) is 19.9. The molecule has 0 aromatic carbocycles. The van der Waals surface area contributed by atoms with Gasteiger partial charge in [-0.25, -0.2) is 9.78 Å². The number of nitrogens with one attached hydrogen (secondary N) is 1. The Kier molecular flexibility index (Phi) is 6.47. The summed E-state index contributed by atoms with van der Waals surface area (Å²) in [6.07, 6.45) is 1.39. The predicted molar refractivity (Wildman–Crippen MR) is 93.2 cm³/mol. The van der Waals surface area contributed by atoms with Crippen molar-refractivity contribution in [1.82, 2.24) is 20.3 Å². The lowest BCUT2D eigenvalue weighted by molar-refractivity contribution is -0.140. The van der Waals surface area contributed by atoms with E-state index in [0.717, 1.165) is 0 Å². The number of methoxy groups -OCH3 is 2. The van der Waals surface area contributed by atoms with Gasteiger partial charge in [-0.15, -0.1) is 0 Å². The zero-order valence-electron chi connectivity index (χ0n) is 15.3. The van der Waals surface area contributed by atoms with E-state index in [4.69, 9.17) is 14.2 Å². The molecule has 0 radical (unpaired) electrons. The second-order valence-electron chi connectivity index (χ2n) is 5.72. The molecule has 1 atom stereocenters. The van der Waals surface area contributed by atoms with Crippen molar-refractivity contribution in [2.24, 2.45) is 5.92 Å². The summed E-state index contributed by atoms with van der Waals surface area (Å²) in [6, 6.07) is 3.32. The number of aliphatic carboxylic acids is 1. The summed E-state index contributed by atoms with van der Waals surface area (Å²) in [5, 5.41) is 11.7. The highest BCUT2D eigenvalue weighted by atomic mass is 16.5. The minimum Gasteiger partial charge on any atom is -0.481 e. The number of hydrogen-bond donors (Lipinski definition) is 2. The standard InChI is InChI=1S/C17H20N4O6/c1-9(2)13(16(23)24)21-15(22)14-10(6-5-7-18-14)27-17-19-11(25-3)8-12(20-17)26-4/h5-9,13H,1-4H3,(H,21,22)(H,23,24)/t13-/m0/s1. The van der Waals surface area contributed by atoms with Crippen molar-refractivity contribution in [3.63, 3.8) is 0 Å². The highest BCUT2D eigenvalue weighted by Gasteiger charge is 2.26. The summed E-state index contributed by atoms with van der Waals surface area (Å²) in [5.41, 5.74) is -0.102. The SMILES string of the molecule is COc1cc(OC)nc(Oc2cccnc2C(=O)N[C@H](C(=O)O)C(C)C)n1. The number of carboxylic acid groups (broad SMARTS) is 1. The first-order valence-electron chi connectivity index (χ1n) is 7.99. The smallest absolute Gasteiger partial charge is 0.328 e. The van der Waals surface area contributed by atoms with Gasteiger partial charge in [0.1, 0.15) is 6.04 Å². The summed E-state index contributed by atoms with van der Waals surface area (Å²) in [4.78, 5) is 35.9. The third-order valence-corrected chi connectivity index (χ3v) is 3.48. The number of amides is 1. The molecular weight excluding hydrogens is 356 g/mol. The van der Waals surface area contributed by atoms with Gasteiger partial charge in [0.05, 0.1) is 20.3 Å². The van der Waals surface area contributed by atoms with Crippen molar-refractivity contribution in [3.8, 4) is 23.5 Å². The fraction of sp³-hybridized carbons (Fsp3) is 0.353. The van der Waals surface area contributed by atoms with Crippen LogP contribution in [0, 0.1) is 5.92 Å². The highest BCUT2D eigenvalue weighted by molar-refractivity contribution is 5.97. The molecule has 2 aromatic rings. The third kappa shape index (κ3) is 5.03. The number of pyridine rings is 1. The molecule has 0 fully saturated rings. The van der Waals surface area contributed by atoms with E-state index < -0.39 is 17.9 Å². The predicted octanol–water partition coefficient (Wildman–Crippen LogP) is 1.52. The quantitative estimate of drug-likeness (QED) is 0.703. The Hall–Kier alpha value is -3.43. The van der Waals surface area contributed by atoms with Gasteiger partial charge in [-0.05, 0) is 18.1 Å². The number of carbonyl (C=O) groups excluding carboxylic acids is 1. The number of carbonyl (C=O) groups is 2. The normalized spacial score (nSPS) is 11.6. The minimum atomic E-state index is -1.14. The number of nitrogens with zero attached hydrogens (tertiary/aromatic N) is 3. The van der Waals surface area contributed by atoms with E-state index in [-0.39, 0.29) is 35.1 Å². The molecule has 0 aliphatic carbocycles. The van der Waals surface area contributed by atoms with Crippen LogP contribution >= 0.6 is 0 Å². The molecule has 10 nitrogen and oxygen atoms in total. The van der Waals surface area contributed by atoms with E-state index in [1.165, 1.54) is 32.5 Å². The van der Waals surface area contributed by atoms with Crippen LogP contribution < -0.4 is 19.5 Å². The molecular formula is C17H20N4O6. The number of carboxylic acids is 1. The maximum atomic E-state index is 12.5. The van der Waals surface area contributed by atoms with Gasteiger partial charge in [0.15, 0.2) is 11.4 Å². The van der Waals surface area contributed by atoms with Gasteiger partial charge < -0.3 is 24.6 Å². The van der Waals surface area contributed by atoms with E-state index in [0.29, 0.717) is 0 Å². The molecule has 1 amide bonds. The van der Waals surface area contributed by atoms with Crippen LogP contribution in [0.5, 0.6) is 23.5 Å². The van der Waals surface area contributed by atoms with Crippen LogP contribution in [0.25, 0.3) is 0 Å². The van der Waals surface area contributed by atoms with E-state index in [1.807, 2.05) is 0 Å². The van der Waals surface area contributed by atoms with Crippen LogP contribution in [0.3, 0.4) is 0 Å². The summed E-state index contributed by atoms with van der Waals surface area (Å²) in [7, 11) is 2.85. The Balaban J connectivity index is 2.30. The Morgan fingerprint density at radius 3 is 2.30 bits per heavy atom. The minimum absolute atomic E-state index is 0.0539. The maximum absolute atomic E-state index is 12.5. The van der Waals surface area contributed by atoms with Gasteiger partial charge in [-0.1, -0.05) is 13.8 Å². The lowest BCUT2D eigenvalue weighted by Crippen LogP contribution is -2.44. The van der Waals surface area contributed by atoms with Crippen LogP contribution in [-0.2, 0) is 4.79 Å². The van der Waals surface area contributed by atoms with Crippen molar-refractivity contribution >= 4 is 11.9 Å². The lowest BCUT2D eigenvalue weighted by Gasteiger charge is -2.18. The molecule has 144 valence electrons. The first-order chi connectivity index (χ1) is 12.8. The third-order valence-electron chi connectivity index (χ3n) is 3.48. The van der Waals surface area contributed by atoms with Crippen molar-refractivity contribution in [1.29, 1.82) is 0 Å². The monoisotopic (exact) mass is 376 g/mol. The van der Waals surface area contributed by atoms with E-state index in [1.54, 1.807) is 19.9 Å². The zero-order chi connectivity index (χ0) is 20.0. The molecule has 10 heteroatoms. The highest BCUT2D eigenvalue weighted by Crippen LogP contribution is 2.25. The van der Waals surface area contributed by atoms with Gasteiger partial charge in [0.2, 0.25) is 11.8 Å².